The van der Waals surface area contributed by atoms with Crippen molar-refractivity contribution in [1.82, 2.24) is 4.31 Å². The average Bonchev–Trinajstić information content (AvgIpc) is 2.58. The molecule has 0 aliphatic rings. The number of aliphatic hydroxyl groups excluding tert-OH is 1. The Labute approximate surface area is 156 Å². The van der Waals surface area contributed by atoms with Crippen molar-refractivity contribution in [2.75, 3.05) is 0 Å². The van der Waals surface area contributed by atoms with Gasteiger partial charge < -0.3 is 5.11 Å². The number of hydrogen-bond donors (Lipinski definition) is 1. The first-order valence-electron chi connectivity index (χ1n) is 8.59. The van der Waals surface area contributed by atoms with Gasteiger partial charge in [-0.1, -0.05) is 68.8 Å². The number of rotatable bonds is 6. The summed E-state index contributed by atoms with van der Waals surface area (Å²) < 4.78 is 27.5. The van der Waals surface area contributed by atoms with Crippen LogP contribution in [0.25, 0.3) is 0 Å². The molecule has 0 amide bonds. The molecule has 5 heteroatoms. The standard InChI is InChI=1S/C21H27NO3S/c1-17-10-12-19(13-11-17)26(24,25)22(15-14-20(23)21(2,3)4)16-18-8-6-5-7-9-18/h5-15,20,23H,16H2,1-4H3/b15-14-/t20-/m0/s1. The Bertz CT molecular complexity index is 835. The Morgan fingerprint density at radius 2 is 1.62 bits per heavy atom. The van der Waals surface area contributed by atoms with E-state index in [9.17, 15) is 13.5 Å². The minimum absolute atomic E-state index is 0.199. The van der Waals surface area contributed by atoms with Gasteiger partial charge in [0.2, 0.25) is 0 Å². The molecule has 26 heavy (non-hydrogen) atoms. The third-order valence-electron chi connectivity index (χ3n) is 4.13. The summed E-state index contributed by atoms with van der Waals surface area (Å²) in [7, 11) is -3.72. The van der Waals surface area contributed by atoms with Crippen molar-refractivity contribution < 1.29 is 13.5 Å². The van der Waals surface area contributed by atoms with E-state index in [1.807, 2.05) is 58.0 Å². The zero-order chi connectivity index (χ0) is 19.4. The van der Waals surface area contributed by atoms with Gasteiger partial charge in [-0.15, -0.1) is 0 Å². The maximum atomic E-state index is 13.1. The SMILES string of the molecule is Cc1ccc(S(=O)(=O)N(/C=C\[C@H](O)C(C)(C)C)Cc2ccccc2)cc1. The van der Waals surface area contributed by atoms with Gasteiger partial charge in [0.15, 0.2) is 0 Å². The van der Waals surface area contributed by atoms with Gasteiger partial charge >= 0.3 is 0 Å². The van der Waals surface area contributed by atoms with Gasteiger partial charge in [0.1, 0.15) is 0 Å². The minimum atomic E-state index is -3.72. The lowest BCUT2D eigenvalue weighted by molar-refractivity contribution is 0.104. The van der Waals surface area contributed by atoms with Gasteiger partial charge in [0.05, 0.1) is 17.5 Å². The molecule has 0 aliphatic carbocycles. The Hall–Kier alpha value is -2.11. The molecule has 0 fully saturated rings. The summed E-state index contributed by atoms with van der Waals surface area (Å²) >= 11 is 0. The van der Waals surface area contributed by atoms with E-state index in [4.69, 9.17) is 0 Å². The van der Waals surface area contributed by atoms with Crippen LogP contribution in [0.2, 0.25) is 0 Å². The van der Waals surface area contributed by atoms with Gasteiger partial charge in [0, 0.05) is 6.20 Å². The molecule has 2 rings (SSSR count). The van der Waals surface area contributed by atoms with Crippen LogP contribution in [0, 0.1) is 12.3 Å². The molecule has 1 N–H and O–H groups in total. The van der Waals surface area contributed by atoms with Crippen LogP contribution in [0.1, 0.15) is 31.9 Å². The highest BCUT2D eigenvalue weighted by molar-refractivity contribution is 7.89. The van der Waals surface area contributed by atoms with Gasteiger partial charge in [-0.05, 0) is 36.1 Å². The molecule has 0 saturated heterocycles. The van der Waals surface area contributed by atoms with Crippen LogP contribution in [0.4, 0.5) is 0 Å². The zero-order valence-electron chi connectivity index (χ0n) is 15.8. The maximum absolute atomic E-state index is 13.1. The molecule has 0 aliphatic heterocycles. The van der Waals surface area contributed by atoms with Crippen LogP contribution < -0.4 is 0 Å². The van der Waals surface area contributed by atoms with Gasteiger partial charge in [0.25, 0.3) is 10.0 Å². The quantitative estimate of drug-likeness (QED) is 0.829. The fraction of sp³-hybridized carbons (Fsp3) is 0.333. The summed E-state index contributed by atoms with van der Waals surface area (Å²) in [6.07, 6.45) is 2.25. The van der Waals surface area contributed by atoms with Gasteiger partial charge in [-0.25, -0.2) is 8.42 Å². The van der Waals surface area contributed by atoms with Crippen LogP contribution in [0.5, 0.6) is 0 Å². The molecule has 4 nitrogen and oxygen atoms in total. The second-order valence-electron chi connectivity index (χ2n) is 7.50. The molecule has 0 unspecified atom stereocenters. The molecule has 0 bridgehead atoms. The lowest BCUT2D eigenvalue weighted by Crippen LogP contribution is -2.28. The highest BCUT2D eigenvalue weighted by atomic mass is 32.2. The molecule has 2 aromatic rings. The number of aryl methyl sites for hydroxylation is 1. The molecule has 0 aromatic heterocycles. The summed E-state index contributed by atoms with van der Waals surface area (Å²) in [5.74, 6) is 0. The topological polar surface area (TPSA) is 57.6 Å². The first kappa shape index (κ1) is 20.2. The highest BCUT2D eigenvalue weighted by Crippen LogP contribution is 2.23. The maximum Gasteiger partial charge on any atom is 0.264 e. The van der Waals surface area contributed by atoms with E-state index in [-0.39, 0.29) is 16.9 Å². The number of hydrogen-bond acceptors (Lipinski definition) is 3. The van der Waals surface area contributed by atoms with Crippen LogP contribution >= 0.6 is 0 Å². The van der Waals surface area contributed by atoms with Crippen molar-refractivity contribution in [2.45, 2.75) is 45.2 Å². The molecule has 140 valence electrons. The molecular weight excluding hydrogens is 346 g/mol. The van der Waals surface area contributed by atoms with E-state index in [1.54, 1.807) is 24.3 Å². The number of benzene rings is 2. The predicted octanol–water partition coefficient (Wildman–Crippen LogP) is 4.11. The van der Waals surface area contributed by atoms with Crippen molar-refractivity contribution in [3.63, 3.8) is 0 Å². The van der Waals surface area contributed by atoms with Crippen molar-refractivity contribution in [3.05, 3.63) is 78.0 Å². The zero-order valence-corrected chi connectivity index (χ0v) is 16.6. The largest absolute Gasteiger partial charge is 0.388 e. The number of aliphatic hydroxyl groups is 1. The molecule has 0 saturated carbocycles. The van der Waals surface area contributed by atoms with Crippen LogP contribution in [0.3, 0.4) is 0 Å². The lowest BCUT2D eigenvalue weighted by Gasteiger charge is -2.25. The summed E-state index contributed by atoms with van der Waals surface area (Å²) in [5.41, 5.74) is 1.50. The van der Waals surface area contributed by atoms with E-state index >= 15 is 0 Å². The van der Waals surface area contributed by atoms with E-state index in [0.717, 1.165) is 11.1 Å². The normalized spacial score (nSPS) is 13.7. The highest BCUT2D eigenvalue weighted by Gasteiger charge is 2.24. The van der Waals surface area contributed by atoms with E-state index in [2.05, 4.69) is 0 Å². The third-order valence-corrected chi connectivity index (χ3v) is 5.87. The van der Waals surface area contributed by atoms with Crippen LogP contribution in [-0.2, 0) is 16.6 Å². The second kappa shape index (κ2) is 8.06. The Balaban J connectivity index is 2.39. The number of nitrogens with zero attached hydrogens (tertiary/aromatic N) is 1. The summed E-state index contributed by atoms with van der Waals surface area (Å²) in [6.45, 7) is 7.82. The summed E-state index contributed by atoms with van der Waals surface area (Å²) in [5, 5.41) is 10.3. The van der Waals surface area contributed by atoms with E-state index in [1.165, 1.54) is 16.6 Å². The Kier molecular flexibility index (Phi) is 6.26. The molecule has 1 atom stereocenters. The first-order chi connectivity index (χ1) is 12.1. The summed E-state index contributed by atoms with van der Waals surface area (Å²) in [4.78, 5) is 0.230. The third kappa shape index (κ3) is 5.19. The molecule has 0 radical (unpaired) electrons. The molecular formula is C21H27NO3S. The average molecular weight is 374 g/mol. The van der Waals surface area contributed by atoms with Crippen LogP contribution in [-0.4, -0.2) is 23.9 Å². The van der Waals surface area contributed by atoms with Crippen molar-refractivity contribution in [2.24, 2.45) is 5.41 Å². The fourth-order valence-corrected chi connectivity index (χ4v) is 3.59. The Morgan fingerprint density at radius 3 is 2.15 bits per heavy atom. The predicted molar refractivity (Wildman–Crippen MR) is 105 cm³/mol. The minimum Gasteiger partial charge on any atom is -0.388 e. The molecule has 0 spiro atoms. The van der Waals surface area contributed by atoms with Crippen LogP contribution in [0.15, 0.2) is 71.8 Å². The summed E-state index contributed by atoms with van der Waals surface area (Å²) in [6, 6.07) is 16.2. The smallest absolute Gasteiger partial charge is 0.264 e. The first-order valence-corrected chi connectivity index (χ1v) is 10.0. The second-order valence-corrected chi connectivity index (χ2v) is 9.39. The molecule has 0 heterocycles. The van der Waals surface area contributed by atoms with E-state index < -0.39 is 16.1 Å². The monoisotopic (exact) mass is 373 g/mol. The number of sulfonamides is 1. The lowest BCUT2D eigenvalue weighted by atomic mass is 9.89. The van der Waals surface area contributed by atoms with Crippen molar-refractivity contribution >= 4 is 10.0 Å². The van der Waals surface area contributed by atoms with Gasteiger partial charge in [-0.3, -0.25) is 4.31 Å². The Morgan fingerprint density at radius 1 is 1.04 bits per heavy atom. The van der Waals surface area contributed by atoms with Crippen molar-refractivity contribution in [3.8, 4) is 0 Å². The fourth-order valence-electron chi connectivity index (χ4n) is 2.29. The van der Waals surface area contributed by atoms with Crippen molar-refractivity contribution in [1.29, 1.82) is 0 Å². The molecule has 2 aromatic carbocycles. The van der Waals surface area contributed by atoms with Gasteiger partial charge in [-0.2, -0.15) is 0 Å². The van der Waals surface area contributed by atoms with E-state index in [0.29, 0.717) is 0 Å².